The van der Waals surface area contributed by atoms with Crippen LogP contribution in [0.25, 0.3) is 0 Å². The van der Waals surface area contributed by atoms with Crippen LogP contribution in [0.5, 0.6) is 0 Å². The molecule has 4 rings (SSSR count). The molecular weight excluding hydrogens is 328 g/mol. The maximum Gasteiger partial charge on any atom is 0.133 e. The minimum atomic E-state index is 0.459. The second-order valence-corrected chi connectivity index (χ2v) is 8.30. The molecule has 0 spiro atoms. The molecular formula is C17H21ClN4S. The fraction of sp³-hybridized carbons (Fsp3) is 0.529. The molecule has 6 heteroatoms. The first kappa shape index (κ1) is 15.4. The fourth-order valence-electron chi connectivity index (χ4n) is 3.18. The number of piperidine rings is 1. The van der Waals surface area contributed by atoms with E-state index in [4.69, 9.17) is 11.6 Å². The van der Waals surface area contributed by atoms with Gasteiger partial charge in [-0.25, -0.2) is 9.97 Å². The molecule has 0 aromatic carbocycles. The second-order valence-electron chi connectivity index (χ2n) is 6.50. The molecule has 3 heterocycles. The summed E-state index contributed by atoms with van der Waals surface area (Å²) in [5.41, 5.74) is 0. The van der Waals surface area contributed by atoms with E-state index < -0.39 is 0 Å². The lowest BCUT2D eigenvalue weighted by molar-refractivity contribution is 0.210. The van der Waals surface area contributed by atoms with Crippen LogP contribution in [0.15, 0.2) is 24.4 Å². The number of aromatic nitrogens is 2. The van der Waals surface area contributed by atoms with Crippen molar-refractivity contribution in [3.05, 3.63) is 39.4 Å². The molecule has 0 amide bonds. The SMILES string of the molecule is Clc1ccc(CN2CCCC(Nc3ccnc(C4CC4)n3)C2)s1. The minimum absolute atomic E-state index is 0.459. The van der Waals surface area contributed by atoms with Crippen LogP contribution in [-0.2, 0) is 6.54 Å². The summed E-state index contributed by atoms with van der Waals surface area (Å²) in [4.78, 5) is 12.9. The van der Waals surface area contributed by atoms with Crippen molar-refractivity contribution in [2.75, 3.05) is 18.4 Å². The molecule has 4 nitrogen and oxygen atoms in total. The Bertz CT molecular complexity index is 670. The van der Waals surface area contributed by atoms with Crippen molar-refractivity contribution >= 4 is 28.8 Å². The van der Waals surface area contributed by atoms with Gasteiger partial charge in [-0.1, -0.05) is 11.6 Å². The molecule has 1 aliphatic heterocycles. The largest absolute Gasteiger partial charge is 0.366 e. The van der Waals surface area contributed by atoms with Gasteiger partial charge >= 0.3 is 0 Å². The monoisotopic (exact) mass is 348 g/mol. The van der Waals surface area contributed by atoms with E-state index in [1.54, 1.807) is 11.3 Å². The van der Waals surface area contributed by atoms with Gasteiger partial charge in [-0.05, 0) is 50.4 Å². The average molecular weight is 349 g/mol. The lowest BCUT2D eigenvalue weighted by Crippen LogP contribution is -2.41. The molecule has 2 aliphatic rings. The molecule has 2 aromatic heterocycles. The Hall–Kier alpha value is -1.17. The molecule has 2 aromatic rings. The quantitative estimate of drug-likeness (QED) is 0.881. The van der Waals surface area contributed by atoms with Crippen molar-refractivity contribution in [3.63, 3.8) is 0 Å². The standard InChI is InChI=1S/C17H21ClN4S/c18-15-6-5-14(23-15)11-22-9-1-2-13(10-22)20-16-7-8-19-17(21-16)12-3-4-12/h5-8,12-13H,1-4,9-11H2,(H,19,20,21). The zero-order valence-electron chi connectivity index (χ0n) is 13.0. The first-order chi connectivity index (χ1) is 11.3. The number of rotatable bonds is 5. The maximum absolute atomic E-state index is 6.03. The Balaban J connectivity index is 1.36. The molecule has 1 aliphatic carbocycles. The van der Waals surface area contributed by atoms with Crippen molar-refractivity contribution < 1.29 is 0 Å². The van der Waals surface area contributed by atoms with Crippen LogP contribution in [0.1, 0.15) is 42.3 Å². The highest BCUT2D eigenvalue weighted by molar-refractivity contribution is 7.16. The number of anilines is 1. The third-order valence-corrected chi connectivity index (χ3v) is 5.70. The van der Waals surface area contributed by atoms with E-state index >= 15 is 0 Å². The van der Waals surface area contributed by atoms with Gasteiger partial charge in [-0.2, -0.15) is 0 Å². The number of hydrogen-bond donors (Lipinski definition) is 1. The molecule has 1 atom stereocenters. The summed E-state index contributed by atoms with van der Waals surface area (Å²) in [6.07, 6.45) is 6.78. The predicted octanol–water partition coefficient (Wildman–Crippen LogP) is 4.15. The van der Waals surface area contributed by atoms with Gasteiger partial charge in [-0.15, -0.1) is 11.3 Å². The molecule has 1 saturated carbocycles. The maximum atomic E-state index is 6.03. The Morgan fingerprint density at radius 1 is 1.26 bits per heavy atom. The van der Waals surface area contributed by atoms with Gasteiger partial charge in [0.2, 0.25) is 0 Å². The van der Waals surface area contributed by atoms with Crippen molar-refractivity contribution in [1.82, 2.24) is 14.9 Å². The zero-order chi connectivity index (χ0) is 15.6. The van der Waals surface area contributed by atoms with Crippen LogP contribution < -0.4 is 5.32 Å². The number of nitrogens with one attached hydrogen (secondary N) is 1. The summed E-state index contributed by atoms with van der Waals surface area (Å²) in [6, 6.07) is 6.57. The summed E-state index contributed by atoms with van der Waals surface area (Å²) >= 11 is 7.71. The van der Waals surface area contributed by atoms with Crippen LogP contribution in [0, 0.1) is 0 Å². The molecule has 0 bridgehead atoms. The van der Waals surface area contributed by atoms with Crippen molar-refractivity contribution in [3.8, 4) is 0 Å². The van der Waals surface area contributed by atoms with Crippen molar-refractivity contribution in [2.24, 2.45) is 0 Å². The zero-order valence-corrected chi connectivity index (χ0v) is 14.6. The van der Waals surface area contributed by atoms with Crippen LogP contribution >= 0.6 is 22.9 Å². The minimum Gasteiger partial charge on any atom is -0.366 e. The lowest BCUT2D eigenvalue weighted by Gasteiger charge is -2.33. The second kappa shape index (κ2) is 6.75. The van der Waals surface area contributed by atoms with Gasteiger partial charge in [0, 0.05) is 36.1 Å². The van der Waals surface area contributed by atoms with Crippen LogP contribution in [0.4, 0.5) is 5.82 Å². The molecule has 0 radical (unpaired) electrons. The Labute approximate surface area is 145 Å². The smallest absolute Gasteiger partial charge is 0.133 e. The van der Waals surface area contributed by atoms with Crippen molar-refractivity contribution in [2.45, 2.75) is 44.2 Å². The highest BCUT2D eigenvalue weighted by Gasteiger charge is 2.27. The Kier molecular flexibility index (Phi) is 4.51. The van der Waals surface area contributed by atoms with Crippen LogP contribution in [-0.4, -0.2) is 34.0 Å². The Morgan fingerprint density at radius 2 is 2.17 bits per heavy atom. The molecule has 1 unspecified atom stereocenters. The van der Waals surface area contributed by atoms with E-state index in [1.165, 1.54) is 30.6 Å². The Morgan fingerprint density at radius 3 is 2.96 bits per heavy atom. The predicted molar refractivity (Wildman–Crippen MR) is 95.3 cm³/mol. The average Bonchev–Trinajstić information content (AvgIpc) is 3.32. The van der Waals surface area contributed by atoms with Gasteiger partial charge in [0.1, 0.15) is 11.6 Å². The number of halogens is 1. The normalized spacial score (nSPS) is 22.2. The fourth-order valence-corrected chi connectivity index (χ4v) is 4.31. The number of likely N-dealkylation sites (tertiary alicyclic amines) is 1. The van der Waals surface area contributed by atoms with Gasteiger partial charge in [0.25, 0.3) is 0 Å². The number of nitrogens with zero attached hydrogens (tertiary/aromatic N) is 3. The molecule has 122 valence electrons. The van der Waals surface area contributed by atoms with E-state index in [0.29, 0.717) is 12.0 Å². The first-order valence-electron chi connectivity index (χ1n) is 8.32. The summed E-state index contributed by atoms with van der Waals surface area (Å²) in [5.74, 6) is 2.59. The summed E-state index contributed by atoms with van der Waals surface area (Å²) in [6.45, 7) is 3.20. The lowest BCUT2D eigenvalue weighted by atomic mass is 10.1. The summed E-state index contributed by atoms with van der Waals surface area (Å²) < 4.78 is 0.875. The molecule has 2 fully saturated rings. The van der Waals surface area contributed by atoms with Gasteiger partial charge < -0.3 is 5.32 Å². The molecule has 1 N–H and O–H groups in total. The van der Waals surface area contributed by atoms with Crippen molar-refractivity contribution in [1.29, 1.82) is 0 Å². The van der Waals surface area contributed by atoms with E-state index in [-0.39, 0.29) is 0 Å². The van der Waals surface area contributed by atoms with Crippen LogP contribution in [0.2, 0.25) is 4.34 Å². The van der Waals surface area contributed by atoms with E-state index in [0.717, 1.165) is 35.6 Å². The van der Waals surface area contributed by atoms with Gasteiger partial charge in [0.05, 0.1) is 4.34 Å². The number of thiophene rings is 1. The molecule has 23 heavy (non-hydrogen) atoms. The third-order valence-electron chi connectivity index (χ3n) is 4.48. The van der Waals surface area contributed by atoms with Gasteiger partial charge in [-0.3, -0.25) is 4.90 Å². The van der Waals surface area contributed by atoms with Crippen LogP contribution in [0.3, 0.4) is 0 Å². The third kappa shape index (κ3) is 4.03. The summed E-state index contributed by atoms with van der Waals surface area (Å²) in [5, 5.41) is 3.61. The topological polar surface area (TPSA) is 41.0 Å². The first-order valence-corrected chi connectivity index (χ1v) is 9.52. The van der Waals surface area contributed by atoms with E-state index in [9.17, 15) is 0 Å². The highest BCUT2D eigenvalue weighted by Crippen LogP contribution is 2.38. The van der Waals surface area contributed by atoms with Gasteiger partial charge in [0.15, 0.2) is 0 Å². The van der Waals surface area contributed by atoms with E-state index in [2.05, 4.69) is 26.3 Å². The summed E-state index contributed by atoms with van der Waals surface area (Å²) in [7, 11) is 0. The number of hydrogen-bond acceptors (Lipinski definition) is 5. The highest BCUT2D eigenvalue weighted by atomic mass is 35.5. The molecule has 1 saturated heterocycles. The van der Waals surface area contributed by atoms with E-state index in [1.807, 2.05) is 18.3 Å².